The lowest BCUT2D eigenvalue weighted by Crippen LogP contribution is -2.54. The van der Waals surface area contributed by atoms with Gasteiger partial charge in [-0.05, 0) is 6.92 Å². The molecule has 3 nitrogen and oxygen atoms in total. The molecule has 1 aliphatic heterocycles. The quantitative estimate of drug-likeness (QED) is 0.594. The normalized spacial score (nSPS) is 34.2. The molecular formula is C7H15NO2. The molecule has 1 atom stereocenters. The van der Waals surface area contributed by atoms with Crippen molar-refractivity contribution in [1.82, 2.24) is 5.32 Å². The Hall–Kier alpha value is -0.120. The third-order valence-corrected chi connectivity index (χ3v) is 1.68. The minimum Gasteiger partial charge on any atom is -0.383 e. The number of morpholine rings is 1. The van der Waals surface area contributed by atoms with Gasteiger partial charge in [0.05, 0.1) is 25.4 Å². The van der Waals surface area contributed by atoms with E-state index in [-0.39, 0.29) is 5.54 Å². The van der Waals surface area contributed by atoms with E-state index >= 15 is 0 Å². The van der Waals surface area contributed by atoms with Crippen LogP contribution >= 0.6 is 0 Å². The molecule has 3 heteroatoms. The molecule has 0 aliphatic carbocycles. The first-order valence-electron chi connectivity index (χ1n) is 3.58. The van der Waals surface area contributed by atoms with Crippen molar-refractivity contribution < 1.29 is 9.47 Å². The van der Waals surface area contributed by atoms with Crippen molar-refractivity contribution in [3.05, 3.63) is 0 Å². The van der Waals surface area contributed by atoms with Gasteiger partial charge in [-0.15, -0.1) is 0 Å². The van der Waals surface area contributed by atoms with Crippen molar-refractivity contribution in [2.24, 2.45) is 0 Å². The number of hydrogen-bond donors (Lipinski definition) is 1. The molecule has 0 aromatic rings. The fourth-order valence-corrected chi connectivity index (χ4v) is 1.18. The van der Waals surface area contributed by atoms with Crippen molar-refractivity contribution in [3.63, 3.8) is 0 Å². The van der Waals surface area contributed by atoms with E-state index in [1.54, 1.807) is 7.11 Å². The predicted molar refractivity (Wildman–Crippen MR) is 39.1 cm³/mol. The van der Waals surface area contributed by atoms with E-state index in [0.717, 1.165) is 19.8 Å². The van der Waals surface area contributed by atoms with E-state index in [1.165, 1.54) is 0 Å². The average molecular weight is 145 g/mol. The SMILES string of the molecule is COC[C@]1(C)COCCN1. The van der Waals surface area contributed by atoms with Crippen molar-refractivity contribution in [2.75, 3.05) is 33.5 Å². The third kappa shape index (κ3) is 1.94. The van der Waals surface area contributed by atoms with Gasteiger partial charge in [0.25, 0.3) is 0 Å². The summed E-state index contributed by atoms with van der Waals surface area (Å²) in [5.74, 6) is 0. The number of methoxy groups -OCH3 is 1. The van der Waals surface area contributed by atoms with Crippen molar-refractivity contribution >= 4 is 0 Å². The Bertz CT molecular complexity index is 94.3. The number of nitrogens with one attached hydrogen (secondary N) is 1. The Balaban J connectivity index is 2.32. The van der Waals surface area contributed by atoms with Gasteiger partial charge in [0.15, 0.2) is 0 Å². The van der Waals surface area contributed by atoms with Gasteiger partial charge < -0.3 is 14.8 Å². The molecule has 10 heavy (non-hydrogen) atoms. The number of hydrogen-bond acceptors (Lipinski definition) is 3. The van der Waals surface area contributed by atoms with Crippen LogP contribution in [-0.2, 0) is 9.47 Å². The molecule has 0 saturated carbocycles. The molecule has 1 fully saturated rings. The van der Waals surface area contributed by atoms with E-state index in [1.807, 2.05) is 0 Å². The summed E-state index contributed by atoms with van der Waals surface area (Å²) in [6.07, 6.45) is 0. The van der Waals surface area contributed by atoms with E-state index in [0.29, 0.717) is 6.61 Å². The van der Waals surface area contributed by atoms with Gasteiger partial charge in [-0.1, -0.05) is 0 Å². The molecular weight excluding hydrogens is 130 g/mol. The first kappa shape index (κ1) is 7.98. The smallest absolute Gasteiger partial charge is 0.0668 e. The van der Waals surface area contributed by atoms with Crippen molar-refractivity contribution in [2.45, 2.75) is 12.5 Å². The largest absolute Gasteiger partial charge is 0.383 e. The van der Waals surface area contributed by atoms with Crippen LogP contribution < -0.4 is 5.32 Å². The molecule has 60 valence electrons. The molecule has 1 N–H and O–H groups in total. The first-order chi connectivity index (χ1) is 4.77. The topological polar surface area (TPSA) is 30.5 Å². The molecule has 0 amide bonds. The summed E-state index contributed by atoms with van der Waals surface area (Å²) in [6.45, 7) is 5.32. The van der Waals surface area contributed by atoms with E-state index in [4.69, 9.17) is 9.47 Å². The average Bonchev–Trinajstić information content (AvgIpc) is 1.89. The van der Waals surface area contributed by atoms with Crippen molar-refractivity contribution in [3.8, 4) is 0 Å². The highest BCUT2D eigenvalue weighted by Gasteiger charge is 2.26. The molecule has 0 spiro atoms. The lowest BCUT2D eigenvalue weighted by Gasteiger charge is -2.33. The zero-order valence-electron chi connectivity index (χ0n) is 6.64. The number of rotatable bonds is 2. The Labute approximate surface area is 61.7 Å². The fourth-order valence-electron chi connectivity index (χ4n) is 1.18. The van der Waals surface area contributed by atoms with Gasteiger partial charge in [-0.2, -0.15) is 0 Å². The molecule has 0 radical (unpaired) electrons. The summed E-state index contributed by atoms with van der Waals surface area (Å²) in [4.78, 5) is 0. The maximum Gasteiger partial charge on any atom is 0.0668 e. The minimum atomic E-state index is 0.0347. The molecule has 1 heterocycles. The molecule has 1 aliphatic rings. The highest BCUT2D eigenvalue weighted by atomic mass is 16.5. The summed E-state index contributed by atoms with van der Waals surface area (Å²) in [6, 6.07) is 0. The van der Waals surface area contributed by atoms with Crippen LogP contribution in [0.2, 0.25) is 0 Å². The summed E-state index contributed by atoms with van der Waals surface area (Å²) in [5.41, 5.74) is 0.0347. The molecule has 0 unspecified atom stereocenters. The summed E-state index contributed by atoms with van der Waals surface area (Å²) in [5, 5.41) is 3.35. The fraction of sp³-hybridized carbons (Fsp3) is 1.00. The van der Waals surface area contributed by atoms with Gasteiger partial charge in [-0.25, -0.2) is 0 Å². The Kier molecular flexibility index (Phi) is 2.65. The Morgan fingerprint density at radius 1 is 1.70 bits per heavy atom. The summed E-state index contributed by atoms with van der Waals surface area (Å²) >= 11 is 0. The van der Waals surface area contributed by atoms with Crippen LogP contribution in [0.15, 0.2) is 0 Å². The van der Waals surface area contributed by atoms with E-state index in [2.05, 4.69) is 12.2 Å². The molecule has 0 aromatic carbocycles. The van der Waals surface area contributed by atoms with Gasteiger partial charge >= 0.3 is 0 Å². The Morgan fingerprint density at radius 2 is 2.50 bits per heavy atom. The van der Waals surface area contributed by atoms with Crippen LogP contribution in [0.1, 0.15) is 6.92 Å². The molecule has 1 saturated heterocycles. The number of ether oxygens (including phenoxy) is 2. The first-order valence-corrected chi connectivity index (χ1v) is 3.58. The van der Waals surface area contributed by atoms with Gasteiger partial charge in [-0.3, -0.25) is 0 Å². The summed E-state index contributed by atoms with van der Waals surface area (Å²) < 4.78 is 10.3. The van der Waals surface area contributed by atoms with Gasteiger partial charge in [0.1, 0.15) is 0 Å². The lowest BCUT2D eigenvalue weighted by molar-refractivity contribution is -0.00319. The van der Waals surface area contributed by atoms with Crippen molar-refractivity contribution in [1.29, 1.82) is 0 Å². The molecule has 0 bridgehead atoms. The van der Waals surface area contributed by atoms with Crippen LogP contribution in [-0.4, -0.2) is 39.0 Å². The van der Waals surface area contributed by atoms with Crippen LogP contribution in [0.3, 0.4) is 0 Å². The zero-order valence-corrected chi connectivity index (χ0v) is 6.64. The standard InChI is InChI=1S/C7H15NO2/c1-7(5-9-2)6-10-4-3-8-7/h8H,3-6H2,1-2H3/t7-/m1/s1. The maximum absolute atomic E-state index is 5.30. The van der Waals surface area contributed by atoms with Crippen LogP contribution in [0.4, 0.5) is 0 Å². The highest BCUT2D eigenvalue weighted by Crippen LogP contribution is 2.07. The lowest BCUT2D eigenvalue weighted by atomic mass is 10.0. The van der Waals surface area contributed by atoms with E-state index < -0.39 is 0 Å². The minimum absolute atomic E-state index is 0.0347. The van der Waals surface area contributed by atoms with Gasteiger partial charge in [0, 0.05) is 13.7 Å². The summed E-state index contributed by atoms with van der Waals surface area (Å²) in [7, 11) is 1.71. The second kappa shape index (κ2) is 3.32. The molecule has 0 aromatic heterocycles. The second-order valence-corrected chi connectivity index (χ2v) is 2.97. The monoisotopic (exact) mass is 145 g/mol. The zero-order chi connectivity index (χ0) is 7.45. The molecule has 1 rings (SSSR count). The second-order valence-electron chi connectivity index (χ2n) is 2.97. The van der Waals surface area contributed by atoms with Crippen LogP contribution in [0, 0.1) is 0 Å². The van der Waals surface area contributed by atoms with Gasteiger partial charge in [0.2, 0.25) is 0 Å². The van der Waals surface area contributed by atoms with E-state index in [9.17, 15) is 0 Å². The Morgan fingerprint density at radius 3 is 3.00 bits per heavy atom. The predicted octanol–water partition coefficient (Wildman–Crippen LogP) is 0.0113. The maximum atomic E-state index is 5.30. The van der Waals surface area contributed by atoms with Crippen LogP contribution in [0.25, 0.3) is 0 Å². The third-order valence-electron chi connectivity index (χ3n) is 1.68. The highest BCUT2D eigenvalue weighted by molar-refractivity contribution is 4.84. The van der Waals surface area contributed by atoms with Crippen LogP contribution in [0.5, 0.6) is 0 Å².